The summed E-state index contributed by atoms with van der Waals surface area (Å²) in [6, 6.07) is 4.65. The maximum atomic E-state index is 15.4. The van der Waals surface area contributed by atoms with Crippen molar-refractivity contribution in [2.24, 2.45) is 11.7 Å². The number of benzene rings is 1. The number of hydrogen-bond donors (Lipinski definition) is 3. The quantitative estimate of drug-likeness (QED) is 0.372. The molecule has 4 N–H and O–H groups in total. The highest BCUT2D eigenvalue weighted by atomic mass is 19.1. The van der Waals surface area contributed by atoms with Crippen molar-refractivity contribution >= 4 is 34.2 Å². The van der Waals surface area contributed by atoms with Crippen LogP contribution in [0.5, 0.6) is 5.75 Å². The number of nitrogens with zero attached hydrogens (tertiary/aromatic N) is 4. The van der Waals surface area contributed by atoms with Gasteiger partial charge < -0.3 is 20.7 Å². The van der Waals surface area contributed by atoms with Gasteiger partial charge in [-0.1, -0.05) is 0 Å². The van der Waals surface area contributed by atoms with E-state index in [1.165, 1.54) is 11.9 Å². The van der Waals surface area contributed by atoms with Gasteiger partial charge in [0.15, 0.2) is 17.4 Å². The first-order valence-electron chi connectivity index (χ1n) is 11.0. The number of hydrogen-bond acceptors (Lipinski definition) is 5. The number of amides is 3. The molecule has 0 bridgehead atoms. The van der Waals surface area contributed by atoms with Crippen molar-refractivity contribution in [2.45, 2.75) is 19.5 Å². The summed E-state index contributed by atoms with van der Waals surface area (Å²) in [6.45, 7) is 1.88. The lowest BCUT2D eigenvalue weighted by Crippen LogP contribution is -2.35. The maximum Gasteiger partial charge on any atom is 0.314 e. The largest absolute Gasteiger partial charge is 0.486 e. The number of H-pyrrole nitrogens is 1. The average Bonchev–Trinajstić information content (AvgIpc) is 3.18. The highest BCUT2D eigenvalue weighted by Gasteiger charge is 2.43. The molecule has 0 aliphatic heterocycles. The molecule has 0 saturated heterocycles. The lowest BCUT2D eigenvalue weighted by molar-refractivity contribution is -0.117. The molecule has 182 valence electrons. The first-order chi connectivity index (χ1) is 16.7. The first kappa shape index (κ1) is 22.6. The second-order valence-electron chi connectivity index (χ2n) is 8.57. The number of ether oxygens (including phenoxy) is 1. The van der Waals surface area contributed by atoms with E-state index >= 15 is 4.39 Å². The Labute approximate surface area is 198 Å². The molecule has 1 aliphatic rings. The van der Waals surface area contributed by atoms with Crippen LogP contribution in [0.15, 0.2) is 30.6 Å². The Morgan fingerprint density at radius 3 is 2.89 bits per heavy atom. The van der Waals surface area contributed by atoms with Gasteiger partial charge in [-0.15, -0.1) is 0 Å². The van der Waals surface area contributed by atoms with Crippen molar-refractivity contribution in [2.75, 3.05) is 25.5 Å². The molecule has 12 heteroatoms. The summed E-state index contributed by atoms with van der Waals surface area (Å²) in [4.78, 5) is 24.5. The molecule has 1 saturated carbocycles. The zero-order chi connectivity index (χ0) is 24.9. The lowest BCUT2D eigenvalue weighted by Gasteiger charge is -2.17. The van der Waals surface area contributed by atoms with Gasteiger partial charge in [0.05, 0.1) is 24.2 Å². The smallest absolute Gasteiger partial charge is 0.314 e. The summed E-state index contributed by atoms with van der Waals surface area (Å²) in [5.41, 5.74) is 7.96. The van der Waals surface area contributed by atoms with E-state index in [0.717, 1.165) is 0 Å². The summed E-state index contributed by atoms with van der Waals surface area (Å²) in [7, 11) is 1.52. The van der Waals surface area contributed by atoms with Gasteiger partial charge in [0.25, 0.3) is 0 Å². The molecule has 1 aliphatic carbocycles. The number of pyridine rings is 1. The SMILES string of the molecule is Cc1c(F)c(OCCN(C)C(N)=O)c2[nH]ncc2c1-c1ccn2nc(NC(=O)[C@@H]3C[C@@H]3F)cc2c1. The van der Waals surface area contributed by atoms with E-state index in [9.17, 15) is 14.0 Å². The predicted octanol–water partition coefficient (Wildman–Crippen LogP) is 3.01. The minimum absolute atomic E-state index is 0.0123. The highest BCUT2D eigenvalue weighted by Crippen LogP contribution is 2.40. The van der Waals surface area contributed by atoms with Crippen LogP contribution in [-0.4, -0.2) is 63.0 Å². The molecule has 1 aromatic carbocycles. The third-order valence-electron chi connectivity index (χ3n) is 6.14. The number of aromatic amines is 1. The molecular formula is C23H23F2N7O3. The number of alkyl halides is 1. The van der Waals surface area contributed by atoms with Crippen LogP contribution in [0.2, 0.25) is 0 Å². The molecule has 3 heterocycles. The molecule has 3 amide bonds. The number of nitrogens with one attached hydrogen (secondary N) is 2. The van der Waals surface area contributed by atoms with Crippen molar-refractivity contribution in [3.05, 3.63) is 42.0 Å². The summed E-state index contributed by atoms with van der Waals surface area (Å²) in [5.74, 6) is -1.24. The first-order valence-corrected chi connectivity index (χ1v) is 11.0. The Balaban J connectivity index is 1.47. The molecule has 0 radical (unpaired) electrons. The number of aromatic nitrogens is 4. The Morgan fingerprint density at radius 2 is 2.17 bits per heavy atom. The van der Waals surface area contributed by atoms with Crippen LogP contribution >= 0.6 is 0 Å². The summed E-state index contributed by atoms with van der Waals surface area (Å²) in [6.07, 6.45) is 2.43. The maximum absolute atomic E-state index is 15.4. The Morgan fingerprint density at radius 1 is 1.40 bits per heavy atom. The minimum Gasteiger partial charge on any atom is -0.486 e. The van der Waals surface area contributed by atoms with Crippen molar-refractivity contribution in [1.82, 2.24) is 24.7 Å². The number of anilines is 1. The Bertz CT molecular complexity index is 1460. The van der Waals surface area contributed by atoms with Gasteiger partial charge in [-0.25, -0.2) is 18.1 Å². The summed E-state index contributed by atoms with van der Waals surface area (Å²) < 4.78 is 35.8. The molecule has 35 heavy (non-hydrogen) atoms. The fourth-order valence-electron chi connectivity index (χ4n) is 4.01. The van der Waals surface area contributed by atoms with Gasteiger partial charge in [0, 0.05) is 24.7 Å². The number of carbonyl (C=O) groups is 2. The van der Waals surface area contributed by atoms with Gasteiger partial charge >= 0.3 is 6.03 Å². The van der Waals surface area contributed by atoms with Crippen molar-refractivity contribution in [3.8, 4) is 16.9 Å². The van der Waals surface area contributed by atoms with Gasteiger partial charge in [0.2, 0.25) is 5.91 Å². The zero-order valence-electron chi connectivity index (χ0n) is 19.0. The van der Waals surface area contributed by atoms with Gasteiger partial charge in [-0.05, 0) is 42.2 Å². The number of nitrogens with two attached hydrogens (primary N) is 1. The predicted molar refractivity (Wildman–Crippen MR) is 124 cm³/mol. The standard InChI is InChI=1S/C23H23F2N7O3/c1-11-18(15-10-27-29-20(15)21(19(11)25)35-6-5-31(2)23(26)34)12-3-4-32-13(7-12)8-17(30-32)28-22(33)14-9-16(14)24/h3-4,7-8,10,14,16H,5-6,9H2,1-2H3,(H2,26,34)(H,27,29)(H,28,30,33)/t14-,16+/m1/s1. The number of carbonyl (C=O) groups excluding carboxylic acids is 2. The number of fused-ring (bicyclic) bond motifs is 2. The lowest BCUT2D eigenvalue weighted by atomic mass is 9.96. The van der Waals surface area contributed by atoms with Crippen LogP contribution in [-0.2, 0) is 4.79 Å². The topological polar surface area (TPSA) is 131 Å². The van der Waals surface area contributed by atoms with E-state index in [1.807, 2.05) is 6.07 Å². The molecule has 2 atom stereocenters. The van der Waals surface area contributed by atoms with Crippen LogP contribution in [0.25, 0.3) is 27.5 Å². The number of urea groups is 1. The molecule has 0 unspecified atom stereocenters. The van der Waals surface area contributed by atoms with Gasteiger partial charge in [-0.2, -0.15) is 10.2 Å². The number of halogens is 2. The van der Waals surface area contributed by atoms with Crippen LogP contribution in [0.3, 0.4) is 0 Å². The van der Waals surface area contributed by atoms with E-state index in [-0.39, 0.29) is 25.3 Å². The molecule has 10 nitrogen and oxygen atoms in total. The highest BCUT2D eigenvalue weighted by molar-refractivity contribution is 6.00. The van der Waals surface area contributed by atoms with Crippen LogP contribution in [0.4, 0.5) is 19.4 Å². The Hall–Kier alpha value is -4.22. The number of primary amides is 1. The van der Waals surface area contributed by atoms with Crippen molar-refractivity contribution < 1.29 is 23.1 Å². The second-order valence-corrected chi connectivity index (χ2v) is 8.57. The average molecular weight is 483 g/mol. The van der Waals surface area contributed by atoms with Gasteiger partial charge in [0.1, 0.15) is 18.3 Å². The van der Waals surface area contributed by atoms with E-state index in [2.05, 4.69) is 20.6 Å². The van der Waals surface area contributed by atoms with E-state index < -0.39 is 29.8 Å². The van der Waals surface area contributed by atoms with E-state index in [0.29, 0.717) is 38.9 Å². The molecule has 1 fully saturated rings. The molecule has 3 aromatic heterocycles. The summed E-state index contributed by atoms with van der Waals surface area (Å²) in [5, 5.41) is 14.5. The Kier molecular flexibility index (Phi) is 5.50. The monoisotopic (exact) mass is 483 g/mol. The van der Waals surface area contributed by atoms with Gasteiger partial charge in [-0.3, -0.25) is 9.89 Å². The van der Waals surface area contributed by atoms with E-state index in [4.69, 9.17) is 10.5 Å². The summed E-state index contributed by atoms with van der Waals surface area (Å²) >= 11 is 0. The fraction of sp³-hybridized carbons (Fsp3) is 0.304. The number of likely N-dealkylation sites (N-methyl/N-ethyl adjacent to an activating group) is 1. The normalized spacial score (nSPS) is 17.0. The fourth-order valence-corrected chi connectivity index (χ4v) is 4.01. The molecule has 0 spiro atoms. The molecule has 4 aromatic rings. The van der Waals surface area contributed by atoms with E-state index in [1.54, 1.807) is 36.0 Å². The van der Waals surface area contributed by atoms with Crippen LogP contribution in [0, 0.1) is 18.7 Å². The third-order valence-corrected chi connectivity index (χ3v) is 6.14. The molecular weight excluding hydrogens is 460 g/mol. The molecule has 5 rings (SSSR count). The third kappa shape index (κ3) is 4.11. The zero-order valence-corrected chi connectivity index (χ0v) is 19.0. The van der Waals surface area contributed by atoms with Crippen molar-refractivity contribution in [3.63, 3.8) is 0 Å². The van der Waals surface area contributed by atoms with Crippen molar-refractivity contribution in [1.29, 1.82) is 0 Å². The number of rotatable bonds is 7. The second kappa shape index (κ2) is 8.53. The van der Waals surface area contributed by atoms with Crippen LogP contribution < -0.4 is 15.8 Å². The van der Waals surface area contributed by atoms with Crippen LogP contribution in [0.1, 0.15) is 12.0 Å². The minimum atomic E-state index is -1.09.